The lowest BCUT2D eigenvalue weighted by Gasteiger charge is -2.23. The van der Waals surface area contributed by atoms with Crippen molar-refractivity contribution in [3.05, 3.63) is 0 Å². The zero-order valence-corrected chi connectivity index (χ0v) is 59.2. The minimum absolute atomic E-state index is 0.0320. The SMILES string of the molecule is CCCCCCCCC(CCCCCC)COC(=O)CCCCCN(CCCCCC)C(=O)CCCCCCCCCN(C)CCCCCCCCCC(=O)N(CCCCCC)CCCCCC(=O)OCC(CCCCCC)CCCCCCCC. The predicted octanol–water partition coefficient (Wildman–Crippen LogP) is 22.9. The van der Waals surface area contributed by atoms with Crippen molar-refractivity contribution in [1.29, 1.82) is 0 Å². The summed E-state index contributed by atoms with van der Waals surface area (Å²) in [4.78, 5) is 59.1. The molecule has 0 aliphatic carbocycles. The smallest absolute Gasteiger partial charge is 0.305 e. The number of nitrogens with zero attached hydrogens (tertiary/aromatic N) is 3. The lowest BCUT2D eigenvalue weighted by molar-refractivity contribution is -0.146. The molecule has 510 valence electrons. The number of carbonyl (C=O) groups is 4. The van der Waals surface area contributed by atoms with Crippen molar-refractivity contribution in [3.8, 4) is 0 Å². The molecule has 2 unspecified atom stereocenters. The standard InChI is InChI=1S/C77H151N3O6/c1-8-14-20-26-34-44-58-72(56-42-22-16-10-3)70-85-76(83)62-48-40-54-68-79(66-52-24-18-12-5)74(81)60-46-36-30-28-32-38-50-64-78(7)65-51-39-33-29-31-37-47-61-75(82)80(67-53-25-19-13-6)69-55-41-49-63-77(84)86-71-73(57-43-23-17-11-4)59-45-35-27-21-15-9-2/h72-73H,8-71H2,1-7H3. The molecular weight excluding hydrogens is 1060 g/mol. The summed E-state index contributed by atoms with van der Waals surface area (Å²) in [6.45, 7) is 20.5. The van der Waals surface area contributed by atoms with Gasteiger partial charge in [0.1, 0.15) is 0 Å². The van der Waals surface area contributed by atoms with Gasteiger partial charge in [0.05, 0.1) is 13.2 Å². The van der Waals surface area contributed by atoms with E-state index in [1.54, 1.807) is 0 Å². The highest BCUT2D eigenvalue weighted by molar-refractivity contribution is 5.76. The molecule has 86 heavy (non-hydrogen) atoms. The number of ether oxygens (including phenoxy) is 2. The quantitative estimate of drug-likeness (QED) is 0.0442. The average molecular weight is 1220 g/mol. The van der Waals surface area contributed by atoms with E-state index >= 15 is 0 Å². The van der Waals surface area contributed by atoms with Crippen molar-refractivity contribution in [2.24, 2.45) is 11.8 Å². The summed E-state index contributed by atoms with van der Waals surface area (Å²) in [7, 11) is 2.29. The third-order valence-corrected chi connectivity index (χ3v) is 18.6. The summed E-state index contributed by atoms with van der Waals surface area (Å²) in [5.74, 6) is 1.62. The first-order chi connectivity index (χ1) is 42.1. The molecule has 0 aromatic carbocycles. The lowest BCUT2D eigenvalue weighted by Crippen LogP contribution is -2.32. The van der Waals surface area contributed by atoms with E-state index < -0.39 is 0 Å². The van der Waals surface area contributed by atoms with Crippen LogP contribution in [0.5, 0.6) is 0 Å². The van der Waals surface area contributed by atoms with E-state index in [4.69, 9.17) is 9.47 Å². The molecule has 0 aliphatic heterocycles. The van der Waals surface area contributed by atoms with Crippen LogP contribution in [0.3, 0.4) is 0 Å². The molecule has 0 spiro atoms. The molecule has 0 radical (unpaired) electrons. The normalized spacial score (nSPS) is 12.3. The Morgan fingerprint density at radius 3 is 0.767 bits per heavy atom. The van der Waals surface area contributed by atoms with Crippen LogP contribution in [0, 0.1) is 11.8 Å². The first-order valence-corrected chi connectivity index (χ1v) is 38.7. The van der Waals surface area contributed by atoms with Gasteiger partial charge in [0.2, 0.25) is 11.8 Å². The van der Waals surface area contributed by atoms with Gasteiger partial charge in [-0.2, -0.15) is 0 Å². The molecule has 2 amide bonds. The van der Waals surface area contributed by atoms with Crippen molar-refractivity contribution in [2.75, 3.05) is 59.5 Å². The molecule has 0 heterocycles. The Morgan fingerprint density at radius 2 is 0.465 bits per heavy atom. The molecule has 0 saturated carbocycles. The van der Waals surface area contributed by atoms with E-state index in [0.717, 1.165) is 103 Å². The van der Waals surface area contributed by atoms with Gasteiger partial charge in [-0.1, -0.05) is 286 Å². The number of hydrogen-bond acceptors (Lipinski definition) is 7. The highest BCUT2D eigenvalue weighted by Gasteiger charge is 2.17. The van der Waals surface area contributed by atoms with Crippen LogP contribution >= 0.6 is 0 Å². The van der Waals surface area contributed by atoms with Crippen molar-refractivity contribution in [2.45, 2.75) is 401 Å². The summed E-state index contributed by atoms with van der Waals surface area (Å²) in [6, 6.07) is 0. The maximum atomic E-state index is 13.4. The second kappa shape index (κ2) is 67.2. The molecule has 0 saturated heterocycles. The summed E-state index contributed by atoms with van der Waals surface area (Å²) in [5, 5.41) is 0. The Hall–Kier alpha value is -2.16. The van der Waals surface area contributed by atoms with Gasteiger partial charge in [-0.25, -0.2) is 0 Å². The van der Waals surface area contributed by atoms with Crippen molar-refractivity contribution in [3.63, 3.8) is 0 Å². The number of amides is 2. The summed E-state index contributed by atoms with van der Waals surface area (Å²) in [5.41, 5.74) is 0. The van der Waals surface area contributed by atoms with Crippen molar-refractivity contribution < 1.29 is 28.7 Å². The lowest BCUT2D eigenvalue weighted by atomic mass is 9.95. The van der Waals surface area contributed by atoms with E-state index in [1.807, 2.05) is 0 Å². The van der Waals surface area contributed by atoms with E-state index in [9.17, 15) is 19.2 Å². The molecule has 0 rings (SSSR count). The third-order valence-electron chi connectivity index (χ3n) is 18.6. The molecule has 0 aromatic rings. The number of carbonyl (C=O) groups excluding carboxylic acids is 4. The van der Waals surface area contributed by atoms with Crippen molar-refractivity contribution in [1.82, 2.24) is 14.7 Å². The molecule has 0 N–H and O–H groups in total. The topological polar surface area (TPSA) is 96.5 Å². The molecule has 0 bridgehead atoms. The van der Waals surface area contributed by atoms with Crippen LogP contribution in [0.25, 0.3) is 0 Å². The van der Waals surface area contributed by atoms with Crippen LogP contribution in [0.15, 0.2) is 0 Å². The molecule has 0 fully saturated rings. The first-order valence-electron chi connectivity index (χ1n) is 38.7. The molecule has 9 heteroatoms. The average Bonchev–Trinajstić information content (AvgIpc) is 3.61. The van der Waals surface area contributed by atoms with Gasteiger partial charge in [-0.15, -0.1) is 0 Å². The fraction of sp³-hybridized carbons (Fsp3) is 0.948. The summed E-state index contributed by atoms with van der Waals surface area (Å²) < 4.78 is 11.7. The van der Waals surface area contributed by atoms with Gasteiger partial charge in [0, 0.05) is 51.9 Å². The largest absolute Gasteiger partial charge is 0.465 e. The first kappa shape index (κ1) is 83.8. The zero-order valence-electron chi connectivity index (χ0n) is 59.2. The Morgan fingerprint density at radius 1 is 0.256 bits per heavy atom. The number of rotatable bonds is 70. The van der Waals surface area contributed by atoms with Crippen LogP contribution < -0.4 is 0 Å². The summed E-state index contributed by atoms with van der Waals surface area (Å²) in [6.07, 6.45) is 65.1. The molecule has 2 atom stereocenters. The van der Waals surface area contributed by atoms with Gasteiger partial charge in [0.15, 0.2) is 0 Å². The van der Waals surface area contributed by atoms with E-state index in [-0.39, 0.29) is 11.9 Å². The second-order valence-electron chi connectivity index (χ2n) is 27.2. The minimum Gasteiger partial charge on any atom is -0.465 e. The van der Waals surface area contributed by atoms with E-state index in [0.29, 0.717) is 62.5 Å². The second-order valence-corrected chi connectivity index (χ2v) is 27.2. The number of esters is 2. The number of hydrogen-bond donors (Lipinski definition) is 0. The minimum atomic E-state index is -0.0320. The van der Waals surface area contributed by atoms with Crippen LogP contribution in [0.2, 0.25) is 0 Å². The summed E-state index contributed by atoms with van der Waals surface area (Å²) >= 11 is 0. The molecular formula is C77H151N3O6. The van der Waals surface area contributed by atoms with E-state index in [1.165, 1.54) is 270 Å². The van der Waals surface area contributed by atoms with Gasteiger partial charge in [-0.3, -0.25) is 19.2 Å². The highest BCUT2D eigenvalue weighted by Crippen LogP contribution is 2.23. The monoisotopic (exact) mass is 1210 g/mol. The Labute approximate surface area is 537 Å². The van der Waals surface area contributed by atoms with Crippen molar-refractivity contribution >= 4 is 23.8 Å². The maximum absolute atomic E-state index is 13.4. The van der Waals surface area contributed by atoms with E-state index in [2.05, 4.69) is 63.3 Å². The highest BCUT2D eigenvalue weighted by atomic mass is 16.5. The fourth-order valence-corrected chi connectivity index (χ4v) is 12.5. The van der Waals surface area contributed by atoms with Crippen LogP contribution in [0.4, 0.5) is 0 Å². The van der Waals surface area contributed by atoms with Gasteiger partial charge in [-0.05, 0) is 122 Å². The Bertz CT molecular complexity index is 1340. The van der Waals surface area contributed by atoms with Gasteiger partial charge in [0.25, 0.3) is 0 Å². The number of unbranched alkanes of at least 4 members (excludes halogenated alkanes) is 38. The molecule has 0 aromatic heterocycles. The van der Waals surface area contributed by atoms with Gasteiger partial charge >= 0.3 is 11.9 Å². The predicted molar refractivity (Wildman–Crippen MR) is 372 cm³/mol. The van der Waals surface area contributed by atoms with Gasteiger partial charge < -0.3 is 24.2 Å². The Balaban J connectivity index is 4.29. The van der Waals surface area contributed by atoms with Crippen LogP contribution in [-0.4, -0.2) is 98.0 Å². The zero-order chi connectivity index (χ0) is 62.9. The third kappa shape index (κ3) is 58.2. The maximum Gasteiger partial charge on any atom is 0.305 e. The Kier molecular flexibility index (Phi) is 65.5. The van der Waals surface area contributed by atoms with Crippen LogP contribution in [-0.2, 0) is 28.7 Å². The fourth-order valence-electron chi connectivity index (χ4n) is 12.5. The molecule has 9 nitrogen and oxygen atoms in total. The molecule has 0 aliphatic rings. The van der Waals surface area contributed by atoms with Crippen LogP contribution in [0.1, 0.15) is 401 Å².